The van der Waals surface area contributed by atoms with Crippen molar-refractivity contribution in [1.29, 1.82) is 0 Å². The van der Waals surface area contributed by atoms with Gasteiger partial charge < -0.3 is 10.5 Å². The van der Waals surface area contributed by atoms with E-state index in [2.05, 4.69) is 4.98 Å². The number of ether oxygens (including phenoxy) is 1. The fourth-order valence-electron chi connectivity index (χ4n) is 1.83. The Balaban J connectivity index is 1.87. The Bertz CT molecular complexity index is 305. The first-order chi connectivity index (χ1) is 6.68. The van der Waals surface area contributed by atoms with E-state index in [0.717, 1.165) is 23.7 Å². The van der Waals surface area contributed by atoms with Crippen LogP contribution < -0.4 is 10.5 Å². The molecule has 2 N–H and O–H groups in total. The molecule has 0 bridgehead atoms. The first kappa shape index (κ1) is 9.93. The molecular formula is C10H16N2OS. The van der Waals surface area contributed by atoms with Gasteiger partial charge in [0.1, 0.15) is 6.61 Å². The summed E-state index contributed by atoms with van der Waals surface area (Å²) in [5, 5.41) is 2.74. The van der Waals surface area contributed by atoms with Gasteiger partial charge in [-0.05, 0) is 19.8 Å². The number of aromatic nitrogens is 1. The van der Waals surface area contributed by atoms with Gasteiger partial charge in [-0.15, -0.1) is 0 Å². The van der Waals surface area contributed by atoms with Crippen molar-refractivity contribution in [1.82, 2.24) is 4.98 Å². The summed E-state index contributed by atoms with van der Waals surface area (Å²) >= 11 is 1.54. The van der Waals surface area contributed by atoms with Crippen LogP contribution in [0.4, 0.5) is 0 Å². The zero-order valence-corrected chi connectivity index (χ0v) is 9.27. The molecule has 1 aliphatic rings. The van der Waals surface area contributed by atoms with Crippen molar-refractivity contribution in [3.8, 4) is 5.19 Å². The molecule has 0 atom stereocenters. The minimum absolute atomic E-state index is 0.0976. The maximum atomic E-state index is 6.17. The Morgan fingerprint density at radius 3 is 2.86 bits per heavy atom. The van der Waals surface area contributed by atoms with Crippen LogP contribution in [0.1, 0.15) is 31.4 Å². The van der Waals surface area contributed by atoms with Gasteiger partial charge in [0.2, 0.25) is 0 Å². The maximum absolute atomic E-state index is 6.17. The van der Waals surface area contributed by atoms with Crippen molar-refractivity contribution < 1.29 is 4.74 Å². The Morgan fingerprint density at radius 2 is 2.29 bits per heavy atom. The van der Waals surface area contributed by atoms with Crippen LogP contribution in [0.15, 0.2) is 5.38 Å². The quantitative estimate of drug-likeness (QED) is 0.834. The molecule has 1 aliphatic carbocycles. The molecule has 0 radical (unpaired) electrons. The van der Waals surface area contributed by atoms with E-state index in [9.17, 15) is 0 Å². The lowest BCUT2D eigenvalue weighted by molar-refractivity contribution is 0.219. The summed E-state index contributed by atoms with van der Waals surface area (Å²) in [6, 6.07) is 0. The molecular weight excluding hydrogens is 196 g/mol. The lowest BCUT2D eigenvalue weighted by Gasteiger charge is -2.22. The number of rotatable bonds is 3. The van der Waals surface area contributed by atoms with E-state index in [-0.39, 0.29) is 5.54 Å². The van der Waals surface area contributed by atoms with Crippen molar-refractivity contribution in [2.45, 2.75) is 38.1 Å². The summed E-state index contributed by atoms with van der Waals surface area (Å²) in [4.78, 5) is 4.24. The molecule has 0 amide bonds. The van der Waals surface area contributed by atoms with E-state index in [1.54, 1.807) is 11.3 Å². The minimum atomic E-state index is -0.0976. The third kappa shape index (κ3) is 2.25. The predicted molar refractivity (Wildman–Crippen MR) is 57.7 cm³/mol. The number of hydrogen-bond donors (Lipinski definition) is 1. The molecule has 0 saturated heterocycles. The molecule has 3 nitrogen and oxygen atoms in total. The largest absolute Gasteiger partial charge is 0.468 e. The van der Waals surface area contributed by atoms with Crippen LogP contribution in [0.25, 0.3) is 0 Å². The smallest absolute Gasteiger partial charge is 0.273 e. The van der Waals surface area contributed by atoms with Gasteiger partial charge in [0, 0.05) is 5.38 Å². The number of nitrogens with zero attached hydrogens (tertiary/aromatic N) is 1. The molecule has 1 aromatic heterocycles. The average molecular weight is 212 g/mol. The summed E-state index contributed by atoms with van der Waals surface area (Å²) in [5.74, 6) is 0. The van der Waals surface area contributed by atoms with Crippen LogP contribution in [0.2, 0.25) is 0 Å². The third-order valence-corrected chi connectivity index (χ3v) is 3.55. The van der Waals surface area contributed by atoms with Gasteiger partial charge in [0.05, 0.1) is 11.2 Å². The number of nitrogens with two attached hydrogens (primary N) is 1. The Hall–Kier alpha value is -0.610. The van der Waals surface area contributed by atoms with Gasteiger partial charge in [0.25, 0.3) is 5.19 Å². The molecule has 0 aromatic carbocycles. The Kier molecular flexibility index (Phi) is 2.74. The lowest BCUT2D eigenvalue weighted by atomic mass is 10.0. The first-order valence-corrected chi connectivity index (χ1v) is 5.90. The van der Waals surface area contributed by atoms with Gasteiger partial charge in [0.15, 0.2) is 0 Å². The van der Waals surface area contributed by atoms with Crippen molar-refractivity contribution in [2.75, 3.05) is 6.61 Å². The third-order valence-electron chi connectivity index (χ3n) is 2.68. The second-order valence-corrected chi connectivity index (χ2v) is 4.93. The van der Waals surface area contributed by atoms with E-state index >= 15 is 0 Å². The van der Waals surface area contributed by atoms with Gasteiger partial charge in [-0.2, -0.15) is 0 Å². The molecule has 0 aliphatic heterocycles. The number of hydrogen-bond acceptors (Lipinski definition) is 4. The molecule has 0 unspecified atom stereocenters. The average Bonchev–Trinajstić information content (AvgIpc) is 2.73. The molecule has 78 valence electrons. The summed E-state index contributed by atoms with van der Waals surface area (Å²) in [6.07, 6.45) is 4.63. The second-order valence-electron chi connectivity index (χ2n) is 4.11. The molecule has 4 heteroatoms. The van der Waals surface area contributed by atoms with Crippen LogP contribution >= 0.6 is 11.3 Å². The Labute approximate surface area is 88.3 Å². The Morgan fingerprint density at radius 1 is 1.57 bits per heavy atom. The summed E-state index contributed by atoms with van der Waals surface area (Å²) in [5.41, 5.74) is 7.08. The van der Waals surface area contributed by atoms with E-state index in [4.69, 9.17) is 10.5 Å². The monoisotopic (exact) mass is 212 g/mol. The number of aryl methyl sites for hydroxylation is 1. The van der Waals surface area contributed by atoms with Crippen LogP contribution in [-0.2, 0) is 0 Å². The fourth-order valence-corrected chi connectivity index (χ4v) is 2.48. The second kappa shape index (κ2) is 3.87. The molecule has 2 rings (SSSR count). The van der Waals surface area contributed by atoms with E-state index in [1.807, 2.05) is 12.3 Å². The van der Waals surface area contributed by atoms with Crippen LogP contribution in [0, 0.1) is 6.92 Å². The van der Waals surface area contributed by atoms with Crippen LogP contribution in [0.5, 0.6) is 5.19 Å². The highest BCUT2D eigenvalue weighted by Gasteiger charge is 2.30. The minimum Gasteiger partial charge on any atom is -0.468 e. The highest BCUT2D eigenvalue weighted by atomic mass is 32.1. The van der Waals surface area contributed by atoms with Crippen molar-refractivity contribution in [2.24, 2.45) is 5.73 Å². The summed E-state index contributed by atoms with van der Waals surface area (Å²) in [6.45, 7) is 2.58. The summed E-state index contributed by atoms with van der Waals surface area (Å²) in [7, 11) is 0. The highest BCUT2D eigenvalue weighted by molar-refractivity contribution is 7.11. The van der Waals surface area contributed by atoms with Crippen molar-refractivity contribution in [3.63, 3.8) is 0 Å². The van der Waals surface area contributed by atoms with Crippen LogP contribution in [0.3, 0.4) is 0 Å². The molecule has 1 saturated carbocycles. The fraction of sp³-hybridized carbons (Fsp3) is 0.700. The van der Waals surface area contributed by atoms with E-state index < -0.39 is 0 Å². The molecule has 1 heterocycles. The molecule has 1 fully saturated rings. The predicted octanol–water partition coefficient (Wildman–Crippen LogP) is 2.10. The number of thiazole rings is 1. The van der Waals surface area contributed by atoms with Gasteiger partial charge in [-0.1, -0.05) is 24.2 Å². The van der Waals surface area contributed by atoms with Crippen molar-refractivity contribution in [3.05, 3.63) is 11.1 Å². The lowest BCUT2D eigenvalue weighted by Crippen LogP contribution is -2.42. The van der Waals surface area contributed by atoms with Crippen LogP contribution in [-0.4, -0.2) is 17.1 Å². The SMILES string of the molecule is Cc1csc(OCC2(N)CCCC2)n1. The van der Waals surface area contributed by atoms with Gasteiger partial charge in [-0.3, -0.25) is 0 Å². The van der Waals surface area contributed by atoms with Crippen molar-refractivity contribution >= 4 is 11.3 Å². The molecule has 1 aromatic rings. The first-order valence-electron chi connectivity index (χ1n) is 5.02. The zero-order valence-electron chi connectivity index (χ0n) is 8.45. The van der Waals surface area contributed by atoms with Gasteiger partial charge in [-0.25, -0.2) is 4.98 Å². The normalized spacial score (nSPS) is 19.9. The summed E-state index contributed by atoms with van der Waals surface area (Å²) < 4.78 is 5.60. The topological polar surface area (TPSA) is 48.1 Å². The molecule has 14 heavy (non-hydrogen) atoms. The van der Waals surface area contributed by atoms with E-state index in [1.165, 1.54) is 12.8 Å². The van der Waals surface area contributed by atoms with Gasteiger partial charge >= 0.3 is 0 Å². The molecule has 0 spiro atoms. The standard InChI is InChI=1S/C10H16N2OS/c1-8-6-14-9(12-8)13-7-10(11)4-2-3-5-10/h6H,2-5,7,11H2,1H3. The zero-order chi connectivity index (χ0) is 10.0. The van der Waals surface area contributed by atoms with E-state index in [0.29, 0.717) is 6.61 Å². The maximum Gasteiger partial charge on any atom is 0.273 e. The highest BCUT2D eigenvalue weighted by Crippen LogP contribution is 2.28.